The number of carbonyl (C=O) groups is 2. The normalized spacial score (nSPS) is 43.5. The summed E-state index contributed by atoms with van der Waals surface area (Å²) in [5, 5.41) is 16.3. The van der Waals surface area contributed by atoms with Gasteiger partial charge in [-0.15, -0.1) is 11.6 Å². The van der Waals surface area contributed by atoms with Gasteiger partial charge in [0.25, 0.3) is 0 Å². The summed E-state index contributed by atoms with van der Waals surface area (Å²) < 4.78 is 51.7. The molecule has 0 aromatic rings. The molecule has 0 aromatic carbocycles. The molecule has 6 unspecified atom stereocenters. The maximum Gasteiger partial charge on any atom is 0.246 e. The zero-order valence-corrected chi connectivity index (χ0v) is 20.6. The summed E-state index contributed by atoms with van der Waals surface area (Å²) in [6.45, 7) is -0.446. The monoisotopic (exact) mass is 524 g/mol. The number of aliphatic hydroxyl groups is 1. The van der Waals surface area contributed by atoms with Crippen molar-refractivity contribution < 1.29 is 37.3 Å². The fourth-order valence-electron chi connectivity index (χ4n) is 6.08. The topological polar surface area (TPSA) is 96.9 Å². The average Bonchev–Trinajstić information content (AvgIpc) is 2.82. The second kappa shape index (κ2) is 11.1. The summed E-state index contributed by atoms with van der Waals surface area (Å²) in [7, 11) is 0. The maximum atomic E-state index is 13.8. The fraction of sp³-hybridized carbons (Fsp3) is 0.917. The molecule has 2 bridgehead atoms. The predicted molar refractivity (Wildman–Crippen MR) is 122 cm³/mol. The Hall–Kier alpha value is -1.10. The lowest BCUT2D eigenvalue weighted by molar-refractivity contribution is -0.142. The van der Waals surface area contributed by atoms with Crippen LogP contribution in [-0.2, 0) is 19.1 Å². The number of nitrogens with one attached hydrogen (secondary N) is 2. The smallest absolute Gasteiger partial charge is 0.246 e. The first kappa shape index (κ1) is 26.9. The molecule has 5 saturated carbocycles. The van der Waals surface area contributed by atoms with E-state index in [2.05, 4.69) is 10.6 Å². The van der Waals surface area contributed by atoms with Crippen LogP contribution in [0.2, 0.25) is 0 Å². The molecule has 0 radical (unpaired) electrons. The van der Waals surface area contributed by atoms with Gasteiger partial charge in [0.1, 0.15) is 31.7 Å². The third kappa shape index (κ3) is 6.43. The van der Waals surface area contributed by atoms with Crippen LogP contribution >= 0.6 is 11.6 Å². The summed E-state index contributed by atoms with van der Waals surface area (Å²) in [5.74, 6) is -0.701. The average molecular weight is 525 g/mol. The maximum absolute atomic E-state index is 13.8. The lowest BCUT2D eigenvalue weighted by Gasteiger charge is -2.56. The number of halogens is 4. The number of carbonyl (C=O) groups excluding carboxylic acids is 2. The molecule has 0 aromatic heterocycles. The SMILES string of the molecule is O=C(COC1CCC(Cl)C(F)C1)NC12CCC(NC(=O)COC3CCC(F)C(F)C3)(CC1)[C@@H](O)C2. The van der Waals surface area contributed by atoms with E-state index in [1.165, 1.54) is 0 Å². The molecule has 7 atom stereocenters. The Bertz CT molecular complexity index is 769. The van der Waals surface area contributed by atoms with Crippen LogP contribution < -0.4 is 10.6 Å². The zero-order valence-electron chi connectivity index (χ0n) is 19.8. The number of ether oxygens (including phenoxy) is 2. The number of hydrogen-bond donors (Lipinski definition) is 3. The predicted octanol–water partition coefficient (Wildman–Crippen LogP) is 2.79. The van der Waals surface area contributed by atoms with Crippen LogP contribution in [0, 0.1) is 0 Å². The quantitative estimate of drug-likeness (QED) is 0.424. The minimum Gasteiger partial charge on any atom is -0.391 e. The van der Waals surface area contributed by atoms with Crippen LogP contribution in [0.25, 0.3) is 0 Å². The number of rotatable bonds is 8. The van der Waals surface area contributed by atoms with E-state index in [-0.39, 0.29) is 44.5 Å². The highest BCUT2D eigenvalue weighted by Gasteiger charge is 2.55. The molecule has 200 valence electrons. The second-order valence-electron chi connectivity index (χ2n) is 10.8. The fourth-order valence-corrected chi connectivity index (χ4v) is 6.31. The molecule has 0 aliphatic heterocycles. The van der Waals surface area contributed by atoms with Crippen molar-refractivity contribution in [2.45, 2.75) is 124 Å². The lowest BCUT2D eigenvalue weighted by atomic mass is 9.60. The van der Waals surface area contributed by atoms with E-state index < -0.39 is 53.1 Å². The third-order valence-corrected chi connectivity index (χ3v) is 8.80. The van der Waals surface area contributed by atoms with E-state index in [9.17, 15) is 27.9 Å². The molecule has 5 rings (SSSR count). The lowest BCUT2D eigenvalue weighted by Crippen LogP contribution is -2.70. The van der Waals surface area contributed by atoms with Gasteiger partial charge in [0.2, 0.25) is 11.8 Å². The van der Waals surface area contributed by atoms with Gasteiger partial charge in [-0.05, 0) is 57.8 Å². The molecule has 2 amide bonds. The number of aliphatic hydroxyl groups excluding tert-OH is 1. The minimum absolute atomic E-state index is 0.0590. The van der Waals surface area contributed by atoms with Crippen molar-refractivity contribution in [2.24, 2.45) is 0 Å². The molecule has 0 heterocycles. The summed E-state index contributed by atoms with van der Waals surface area (Å²) in [6.07, 6.45) is -1.68. The van der Waals surface area contributed by atoms with Crippen molar-refractivity contribution in [3.63, 3.8) is 0 Å². The molecule has 0 saturated heterocycles. The Kier molecular flexibility index (Phi) is 8.55. The highest BCUT2D eigenvalue weighted by molar-refractivity contribution is 6.21. The minimum atomic E-state index is -1.57. The van der Waals surface area contributed by atoms with E-state index in [4.69, 9.17) is 21.1 Å². The summed E-state index contributed by atoms with van der Waals surface area (Å²) >= 11 is 5.89. The highest BCUT2D eigenvalue weighted by Crippen LogP contribution is 2.47. The molecule has 5 aliphatic rings. The van der Waals surface area contributed by atoms with E-state index in [1.54, 1.807) is 0 Å². The number of hydrogen-bond acceptors (Lipinski definition) is 5. The van der Waals surface area contributed by atoms with Crippen molar-refractivity contribution in [1.82, 2.24) is 10.6 Å². The van der Waals surface area contributed by atoms with Crippen LogP contribution in [-0.4, -0.2) is 83.4 Å². The Morgan fingerprint density at radius 1 is 0.829 bits per heavy atom. The zero-order chi connectivity index (χ0) is 25.2. The van der Waals surface area contributed by atoms with Crippen molar-refractivity contribution >= 4 is 23.4 Å². The molecule has 5 aliphatic carbocycles. The summed E-state index contributed by atoms with van der Waals surface area (Å²) in [6, 6.07) is 0. The van der Waals surface area contributed by atoms with Gasteiger partial charge in [-0.25, -0.2) is 13.2 Å². The van der Waals surface area contributed by atoms with E-state index in [0.29, 0.717) is 51.4 Å². The van der Waals surface area contributed by atoms with Crippen LogP contribution in [0.3, 0.4) is 0 Å². The van der Waals surface area contributed by atoms with Crippen molar-refractivity contribution in [3.8, 4) is 0 Å². The van der Waals surface area contributed by atoms with Gasteiger partial charge in [0.05, 0.1) is 29.2 Å². The van der Waals surface area contributed by atoms with Crippen LogP contribution in [0.1, 0.15) is 70.6 Å². The van der Waals surface area contributed by atoms with Gasteiger partial charge in [0.15, 0.2) is 0 Å². The van der Waals surface area contributed by atoms with Gasteiger partial charge in [-0.3, -0.25) is 9.59 Å². The van der Waals surface area contributed by atoms with Gasteiger partial charge in [-0.1, -0.05) is 0 Å². The second-order valence-corrected chi connectivity index (χ2v) is 11.4. The van der Waals surface area contributed by atoms with Gasteiger partial charge >= 0.3 is 0 Å². The molecule has 7 nitrogen and oxygen atoms in total. The summed E-state index contributed by atoms with van der Waals surface area (Å²) in [5.41, 5.74) is -1.36. The standard InChI is InChI=1S/C24H36ClF3N2O5/c25-16-3-1-14(9-18(16)27)34-12-21(32)29-23-5-7-24(8-6-23,20(31)11-23)30-22(33)13-35-15-2-4-17(26)19(28)10-15/h14-20,31H,1-13H2,(H,29,32)(H,30,33)/t14?,15?,16?,17?,18?,19?,20-,23?,24?/m0/s1. The molecule has 11 heteroatoms. The van der Waals surface area contributed by atoms with Crippen LogP contribution in [0.4, 0.5) is 13.2 Å². The van der Waals surface area contributed by atoms with E-state index in [1.807, 2.05) is 0 Å². The molecule has 35 heavy (non-hydrogen) atoms. The molecular weight excluding hydrogens is 489 g/mol. The summed E-state index contributed by atoms with van der Waals surface area (Å²) in [4.78, 5) is 25.1. The van der Waals surface area contributed by atoms with Crippen molar-refractivity contribution in [1.29, 1.82) is 0 Å². The Labute approximate surface area is 208 Å². The van der Waals surface area contributed by atoms with E-state index >= 15 is 0 Å². The number of alkyl halides is 4. The van der Waals surface area contributed by atoms with Crippen molar-refractivity contribution in [3.05, 3.63) is 0 Å². The van der Waals surface area contributed by atoms with Gasteiger partial charge in [-0.2, -0.15) is 0 Å². The Morgan fingerprint density at radius 3 is 1.97 bits per heavy atom. The van der Waals surface area contributed by atoms with Gasteiger partial charge in [0, 0.05) is 18.4 Å². The number of fused-ring (bicyclic) bond motifs is 3. The first-order valence-corrected chi connectivity index (χ1v) is 13.1. The Balaban J connectivity index is 1.20. The first-order valence-electron chi connectivity index (χ1n) is 12.7. The first-order chi connectivity index (χ1) is 16.6. The van der Waals surface area contributed by atoms with Crippen molar-refractivity contribution in [2.75, 3.05) is 13.2 Å². The van der Waals surface area contributed by atoms with E-state index in [0.717, 1.165) is 0 Å². The number of amides is 2. The highest BCUT2D eigenvalue weighted by atomic mass is 35.5. The largest absolute Gasteiger partial charge is 0.391 e. The van der Waals surface area contributed by atoms with Gasteiger partial charge < -0.3 is 25.2 Å². The van der Waals surface area contributed by atoms with Crippen LogP contribution in [0.5, 0.6) is 0 Å². The third-order valence-electron chi connectivity index (χ3n) is 8.30. The molecular formula is C24H36ClF3N2O5. The molecule has 5 fully saturated rings. The molecule has 0 spiro atoms. The Morgan fingerprint density at radius 2 is 1.40 bits per heavy atom. The van der Waals surface area contributed by atoms with Crippen LogP contribution in [0.15, 0.2) is 0 Å². The molecule has 3 N–H and O–H groups in total.